The lowest BCUT2D eigenvalue weighted by Crippen LogP contribution is -2.51. The number of nitrogens with zero attached hydrogens (tertiary/aromatic N) is 1. The van der Waals surface area contributed by atoms with Gasteiger partial charge in [0.2, 0.25) is 10.0 Å². The molecule has 10 nitrogen and oxygen atoms in total. The number of hydrogen-bond acceptors (Lipinski definition) is 8. The van der Waals surface area contributed by atoms with E-state index in [9.17, 15) is 26.7 Å². The minimum Gasteiger partial charge on any atom is -0.468 e. The number of aliphatic hydroxyl groups excluding tert-OH is 1. The van der Waals surface area contributed by atoms with Crippen LogP contribution in [0.5, 0.6) is 0 Å². The Kier molecular flexibility index (Phi) is 11.1. The van der Waals surface area contributed by atoms with E-state index < -0.39 is 44.7 Å². The lowest BCUT2D eigenvalue weighted by Gasteiger charge is -2.33. The Morgan fingerprint density at radius 2 is 1.38 bits per heavy atom. The summed E-state index contributed by atoms with van der Waals surface area (Å²) in [6.45, 7) is 6.59. The maximum absolute atomic E-state index is 13.9. The molecule has 2 atom stereocenters. The van der Waals surface area contributed by atoms with E-state index in [2.05, 4.69) is 10.0 Å². The third kappa shape index (κ3) is 8.31. The lowest BCUT2D eigenvalue weighted by atomic mass is 10.0. The van der Waals surface area contributed by atoms with E-state index in [4.69, 9.17) is 4.74 Å². The summed E-state index contributed by atoms with van der Waals surface area (Å²) in [4.78, 5) is 13.0. The van der Waals surface area contributed by atoms with Crippen molar-refractivity contribution in [2.24, 2.45) is 5.92 Å². The van der Waals surface area contributed by atoms with Crippen LogP contribution in [0.2, 0.25) is 0 Å². The first kappa shape index (κ1) is 33.1. The van der Waals surface area contributed by atoms with Crippen LogP contribution in [0.1, 0.15) is 31.4 Å². The van der Waals surface area contributed by atoms with Gasteiger partial charge in [-0.05, 0) is 62.6 Å². The van der Waals surface area contributed by atoms with Crippen molar-refractivity contribution in [3.05, 3.63) is 83.9 Å². The molecule has 42 heavy (non-hydrogen) atoms. The molecule has 3 N–H and O–H groups in total. The molecule has 228 valence electrons. The van der Waals surface area contributed by atoms with Crippen LogP contribution in [0.3, 0.4) is 0 Å². The van der Waals surface area contributed by atoms with E-state index in [1.807, 2.05) is 27.7 Å². The van der Waals surface area contributed by atoms with E-state index in [1.165, 1.54) is 31.4 Å². The number of carbonyl (C=O) groups excluding carboxylic acids is 1. The van der Waals surface area contributed by atoms with Gasteiger partial charge in [-0.1, -0.05) is 61.4 Å². The number of rotatable bonds is 14. The molecule has 0 aliphatic heterocycles. The summed E-state index contributed by atoms with van der Waals surface area (Å²) >= 11 is 0. The van der Waals surface area contributed by atoms with Gasteiger partial charge in [-0.2, -0.15) is 4.31 Å². The number of anilines is 2. The Hall–Kier alpha value is -3.45. The molecule has 0 aliphatic rings. The molecular weight excluding hydrogens is 578 g/mol. The molecule has 0 fully saturated rings. The highest BCUT2D eigenvalue weighted by Crippen LogP contribution is 2.28. The molecule has 3 aromatic carbocycles. The van der Waals surface area contributed by atoms with Crippen LogP contribution in [-0.4, -0.2) is 64.6 Å². The number of methoxy groups -OCH3 is 1. The third-order valence-electron chi connectivity index (χ3n) is 6.63. The van der Waals surface area contributed by atoms with Gasteiger partial charge in [0.25, 0.3) is 10.0 Å². The van der Waals surface area contributed by atoms with Gasteiger partial charge in [0.15, 0.2) is 0 Å². The Balaban J connectivity index is 1.98. The van der Waals surface area contributed by atoms with Gasteiger partial charge in [0.1, 0.15) is 6.04 Å². The number of nitrogens with one attached hydrogen (secondary N) is 2. The van der Waals surface area contributed by atoms with Gasteiger partial charge in [0.05, 0.1) is 40.9 Å². The fourth-order valence-corrected chi connectivity index (χ4v) is 7.07. The second-order valence-electron chi connectivity index (χ2n) is 10.5. The number of aryl methyl sites for hydroxylation is 2. The van der Waals surface area contributed by atoms with Gasteiger partial charge in [-0.25, -0.2) is 16.8 Å². The molecule has 0 spiro atoms. The number of ether oxygens (including phenoxy) is 1. The van der Waals surface area contributed by atoms with Crippen molar-refractivity contribution in [2.75, 3.05) is 30.3 Å². The average Bonchev–Trinajstić information content (AvgIpc) is 2.94. The van der Waals surface area contributed by atoms with Gasteiger partial charge in [-0.3, -0.25) is 9.52 Å². The van der Waals surface area contributed by atoms with Crippen molar-refractivity contribution in [2.45, 2.75) is 56.0 Å². The van der Waals surface area contributed by atoms with Gasteiger partial charge in [-0.15, -0.1) is 0 Å². The van der Waals surface area contributed by atoms with Crippen LogP contribution in [0.25, 0.3) is 0 Å². The second kappa shape index (κ2) is 14.1. The number of benzene rings is 3. The topological polar surface area (TPSA) is 142 Å². The summed E-state index contributed by atoms with van der Waals surface area (Å²) in [6, 6.07) is 17.1. The van der Waals surface area contributed by atoms with E-state index >= 15 is 0 Å². The van der Waals surface area contributed by atoms with Crippen molar-refractivity contribution in [3.8, 4) is 0 Å². The predicted molar refractivity (Wildman–Crippen MR) is 163 cm³/mol. The Labute approximate surface area is 248 Å². The van der Waals surface area contributed by atoms with Gasteiger partial charge in [0, 0.05) is 6.54 Å². The summed E-state index contributed by atoms with van der Waals surface area (Å²) in [5, 5.41) is 13.4. The van der Waals surface area contributed by atoms with Crippen molar-refractivity contribution in [1.82, 2.24) is 4.31 Å². The van der Waals surface area contributed by atoms with Crippen molar-refractivity contribution in [3.63, 3.8) is 0 Å². The number of para-hydroxylation sites is 2. The molecule has 0 saturated carbocycles. The summed E-state index contributed by atoms with van der Waals surface area (Å²) in [7, 11) is -6.97. The first-order valence-corrected chi connectivity index (χ1v) is 16.4. The minimum atomic E-state index is -4.22. The largest absolute Gasteiger partial charge is 0.468 e. The molecule has 0 aromatic heterocycles. The van der Waals surface area contributed by atoms with Crippen LogP contribution >= 0.6 is 0 Å². The molecule has 0 saturated heterocycles. The first-order chi connectivity index (χ1) is 19.8. The Morgan fingerprint density at radius 3 is 1.88 bits per heavy atom. The molecule has 12 heteroatoms. The summed E-state index contributed by atoms with van der Waals surface area (Å²) in [6.07, 6.45) is 0.183. The summed E-state index contributed by atoms with van der Waals surface area (Å²) < 4.78 is 62.7. The predicted octanol–water partition coefficient (Wildman–Crippen LogP) is 4.16. The van der Waals surface area contributed by atoms with Crippen LogP contribution in [0.4, 0.5) is 11.4 Å². The van der Waals surface area contributed by atoms with Crippen LogP contribution in [0, 0.1) is 19.8 Å². The zero-order chi connectivity index (χ0) is 31.1. The van der Waals surface area contributed by atoms with Crippen LogP contribution in [-0.2, 0) is 29.6 Å². The number of hydrogen-bond donors (Lipinski definition) is 3. The molecular formula is C30H39N3O7S2. The Bertz CT molecular complexity index is 1560. The Morgan fingerprint density at radius 1 is 0.857 bits per heavy atom. The van der Waals surface area contributed by atoms with Crippen molar-refractivity contribution < 1.29 is 31.5 Å². The zero-order valence-corrected chi connectivity index (χ0v) is 26.1. The highest BCUT2D eigenvalue weighted by molar-refractivity contribution is 7.92. The molecule has 0 amide bonds. The number of esters is 1. The standard InChI is InChI=1S/C30H39N3O7S2/c1-21(2)18-29(30(35)40-5)33(42(38,39)26-16-12-23(4)13-17-26)19-24(20-34)31-27-8-6-7-9-28(27)32-41(36,37)25-14-10-22(3)11-15-25/h6-17,21,24,29,31-32,34H,18-20H2,1-5H3/t24-,29+/m1/s1. The van der Waals surface area contributed by atoms with Crippen LogP contribution < -0.4 is 10.0 Å². The fraction of sp³-hybridized carbons (Fsp3) is 0.367. The maximum Gasteiger partial charge on any atom is 0.324 e. The van der Waals surface area contributed by atoms with Crippen LogP contribution in [0.15, 0.2) is 82.6 Å². The molecule has 0 aliphatic carbocycles. The van der Waals surface area contributed by atoms with Gasteiger partial charge < -0.3 is 15.2 Å². The monoisotopic (exact) mass is 617 g/mol. The van der Waals surface area contributed by atoms with E-state index in [0.717, 1.165) is 15.4 Å². The summed E-state index contributed by atoms with van der Waals surface area (Å²) in [5.41, 5.74) is 2.30. The average molecular weight is 618 g/mol. The molecule has 3 aromatic rings. The van der Waals surface area contributed by atoms with Gasteiger partial charge >= 0.3 is 5.97 Å². The second-order valence-corrected chi connectivity index (χ2v) is 14.1. The molecule has 0 heterocycles. The SMILES string of the molecule is COC(=O)[C@H](CC(C)C)N(C[C@H](CO)Nc1ccccc1NS(=O)(=O)c1ccc(C)cc1)S(=O)(=O)c1ccc(C)cc1. The highest BCUT2D eigenvalue weighted by atomic mass is 32.2. The normalized spacial score (nSPS) is 13.5. The van der Waals surface area contributed by atoms with E-state index in [-0.39, 0.29) is 34.4 Å². The number of carbonyl (C=O) groups is 1. The van der Waals surface area contributed by atoms with Crippen molar-refractivity contribution in [1.29, 1.82) is 0 Å². The third-order valence-corrected chi connectivity index (χ3v) is 9.90. The number of aliphatic hydroxyl groups is 1. The van der Waals surface area contributed by atoms with E-state index in [1.54, 1.807) is 48.5 Å². The molecule has 3 rings (SSSR count). The van der Waals surface area contributed by atoms with E-state index in [0.29, 0.717) is 5.69 Å². The molecule has 0 unspecified atom stereocenters. The maximum atomic E-state index is 13.9. The zero-order valence-electron chi connectivity index (χ0n) is 24.4. The first-order valence-electron chi connectivity index (χ1n) is 13.5. The lowest BCUT2D eigenvalue weighted by molar-refractivity contribution is -0.145. The van der Waals surface area contributed by atoms with Crippen molar-refractivity contribution >= 4 is 37.4 Å². The quantitative estimate of drug-likeness (QED) is 0.229. The molecule has 0 bridgehead atoms. The fourth-order valence-electron chi connectivity index (χ4n) is 4.36. The molecule has 0 radical (unpaired) electrons. The number of sulfonamides is 2. The minimum absolute atomic E-state index is 0.00583. The smallest absolute Gasteiger partial charge is 0.324 e. The summed E-state index contributed by atoms with van der Waals surface area (Å²) in [5.74, 6) is -0.774. The highest BCUT2D eigenvalue weighted by Gasteiger charge is 2.38.